The number of hydrogen-bond acceptors (Lipinski definition) is 2. The molecule has 1 aromatic carbocycles. The third kappa shape index (κ3) is 4.78. The molecule has 1 rings (SSSR count). The Hall–Kier alpha value is -0.870. The predicted octanol–water partition coefficient (Wildman–Crippen LogP) is 2.89. The highest BCUT2D eigenvalue weighted by atomic mass is 32.2. The average molecular weight is 269 g/mol. The molecule has 0 saturated carbocycles. The highest BCUT2D eigenvalue weighted by Gasteiger charge is 2.13. The molecule has 0 aromatic heterocycles. The molecule has 0 aliphatic rings. The Morgan fingerprint density at radius 1 is 1.11 bits per heavy atom. The molecule has 1 atom stereocenters. The van der Waals surface area contributed by atoms with Crippen molar-refractivity contribution in [3.05, 3.63) is 35.4 Å². The zero-order valence-corrected chi connectivity index (χ0v) is 12.4. The Morgan fingerprint density at radius 3 is 2.11 bits per heavy atom. The van der Waals surface area contributed by atoms with Crippen LogP contribution in [0.15, 0.2) is 24.3 Å². The van der Waals surface area contributed by atoms with Crippen LogP contribution >= 0.6 is 0 Å². The van der Waals surface area contributed by atoms with Crippen molar-refractivity contribution in [1.29, 1.82) is 0 Å². The van der Waals surface area contributed by atoms with Crippen LogP contribution in [0.2, 0.25) is 0 Å². The van der Waals surface area contributed by atoms with Crippen LogP contribution in [0.4, 0.5) is 0 Å². The monoisotopic (exact) mass is 269 g/mol. The number of hydrogen-bond donors (Lipinski definition) is 1. The van der Waals surface area contributed by atoms with Crippen molar-refractivity contribution >= 4 is 10.0 Å². The van der Waals surface area contributed by atoms with Gasteiger partial charge in [-0.1, -0.05) is 38.1 Å². The lowest BCUT2D eigenvalue weighted by atomic mass is 10.0. The SMILES string of the molecule is CCS(=O)(=O)NC(C)c1ccc(CC(C)C)cc1. The van der Waals surface area contributed by atoms with Crippen LogP contribution in [-0.4, -0.2) is 14.2 Å². The molecule has 0 fully saturated rings. The molecule has 0 radical (unpaired) electrons. The van der Waals surface area contributed by atoms with Crippen LogP contribution in [-0.2, 0) is 16.4 Å². The van der Waals surface area contributed by atoms with Gasteiger partial charge >= 0.3 is 0 Å². The first-order chi connectivity index (χ1) is 8.34. The molecule has 0 spiro atoms. The third-order valence-corrected chi connectivity index (χ3v) is 4.33. The second-order valence-electron chi connectivity index (χ2n) is 5.08. The molecule has 1 aromatic rings. The predicted molar refractivity (Wildman–Crippen MR) is 76.0 cm³/mol. The quantitative estimate of drug-likeness (QED) is 0.863. The Bertz CT molecular complexity index is 463. The average Bonchev–Trinajstić information content (AvgIpc) is 2.28. The molecule has 1 unspecified atom stereocenters. The second-order valence-corrected chi connectivity index (χ2v) is 7.13. The summed E-state index contributed by atoms with van der Waals surface area (Å²) in [4.78, 5) is 0. The molecule has 102 valence electrons. The van der Waals surface area contributed by atoms with Gasteiger partial charge in [0.05, 0.1) is 5.75 Å². The summed E-state index contributed by atoms with van der Waals surface area (Å²) in [6.07, 6.45) is 1.05. The van der Waals surface area contributed by atoms with E-state index in [1.54, 1.807) is 6.92 Å². The van der Waals surface area contributed by atoms with E-state index in [1.165, 1.54) is 5.56 Å². The number of sulfonamides is 1. The van der Waals surface area contributed by atoms with E-state index in [0.717, 1.165) is 12.0 Å². The molecule has 1 N–H and O–H groups in total. The van der Waals surface area contributed by atoms with Crippen LogP contribution in [0.25, 0.3) is 0 Å². The summed E-state index contributed by atoms with van der Waals surface area (Å²) in [7, 11) is -3.15. The zero-order valence-electron chi connectivity index (χ0n) is 11.6. The maximum Gasteiger partial charge on any atom is 0.211 e. The van der Waals surface area contributed by atoms with Gasteiger partial charge in [-0.25, -0.2) is 13.1 Å². The Labute approximate surface area is 111 Å². The fourth-order valence-electron chi connectivity index (χ4n) is 1.83. The zero-order chi connectivity index (χ0) is 13.8. The van der Waals surface area contributed by atoms with Crippen LogP contribution in [0, 0.1) is 5.92 Å². The molecule has 4 heteroatoms. The van der Waals surface area contributed by atoms with E-state index in [2.05, 4.69) is 30.7 Å². The van der Waals surface area contributed by atoms with Gasteiger partial charge in [0.25, 0.3) is 0 Å². The molecular formula is C14H23NO2S. The van der Waals surface area contributed by atoms with E-state index >= 15 is 0 Å². The summed E-state index contributed by atoms with van der Waals surface area (Å²) in [6, 6.07) is 7.97. The number of nitrogens with one attached hydrogen (secondary N) is 1. The summed E-state index contributed by atoms with van der Waals surface area (Å²) in [5.74, 6) is 0.745. The second kappa shape index (κ2) is 6.34. The van der Waals surface area contributed by atoms with Gasteiger partial charge in [0.15, 0.2) is 0 Å². The minimum Gasteiger partial charge on any atom is -0.212 e. The fraction of sp³-hybridized carbons (Fsp3) is 0.571. The van der Waals surface area contributed by atoms with Gasteiger partial charge in [-0.2, -0.15) is 0 Å². The third-order valence-electron chi connectivity index (χ3n) is 2.86. The highest BCUT2D eigenvalue weighted by Crippen LogP contribution is 2.16. The topological polar surface area (TPSA) is 46.2 Å². The Morgan fingerprint density at radius 2 is 1.67 bits per heavy atom. The van der Waals surface area contributed by atoms with E-state index in [4.69, 9.17) is 0 Å². The van der Waals surface area contributed by atoms with E-state index in [9.17, 15) is 8.42 Å². The van der Waals surface area contributed by atoms with Crippen molar-refractivity contribution in [3.8, 4) is 0 Å². The van der Waals surface area contributed by atoms with Crippen molar-refractivity contribution in [2.45, 2.75) is 40.2 Å². The van der Waals surface area contributed by atoms with Crippen molar-refractivity contribution < 1.29 is 8.42 Å². The molecule has 18 heavy (non-hydrogen) atoms. The van der Waals surface area contributed by atoms with E-state index in [1.807, 2.05) is 19.1 Å². The summed E-state index contributed by atoms with van der Waals surface area (Å²) < 4.78 is 25.6. The highest BCUT2D eigenvalue weighted by molar-refractivity contribution is 7.89. The molecule has 0 bridgehead atoms. The van der Waals surface area contributed by atoms with E-state index in [-0.39, 0.29) is 11.8 Å². The molecule has 3 nitrogen and oxygen atoms in total. The lowest BCUT2D eigenvalue weighted by molar-refractivity contribution is 0.568. The summed E-state index contributed by atoms with van der Waals surface area (Å²) in [5.41, 5.74) is 2.29. The summed E-state index contributed by atoms with van der Waals surface area (Å²) in [5, 5.41) is 0. The van der Waals surface area contributed by atoms with Gasteiger partial charge < -0.3 is 0 Å². The van der Waals surface area contributed by atoms with Gasteiger partial charge in [0.1, 0.15) is 0 Å². The minimum atomic E-state index is -3.15. The van der Waals surface area contributed by atoms with Gasteiger partial charge in [0.2, 0.25) is 10.0 Å². The normalized spacial score (nSPS) is 13.8. The maximum absolute atomic E-state index is 11.5. The smallest absolute Gasteiger partial charge is 0.211 e. The lowest BCUT2D eigenvalue weighted by Gasteiger charge is -2.14. The first-order valence-corrected chi connectivity index (χ1v) is 8.08. The molecular weight excluding hydrogens is 246 g/mol. The lowest BCUT2D eigenvalue weighted by Crippen LogP contribution is -2.28. The van der Waals surface area contributed by atoms with E-state index in [0.29, 0.717) is 5.92 Å². The minimum absolute atomic E-state index is 0.114. The summed E-state index contributed by atoms with van der Waals surface area (Å²) >= 11 is 0. The van der Waals surface area contributed by atoms with Crippen molar-refractivity contribution in [3.63, 3.8) is 0 Å². The largest absolute Gasteiger partial charge is 0.212 e. The van der Waals surface area contributed by atoms with Crippen LogP contribution in [0.5, 0.6) is 0 Å². The van der Waals surface area contributed by atoms with Crippen LogP contribution in [0.3, 0.4) is 0 Å². The van der Waals surface area contributed by atoms with Crippen molar-refractivity contribution in [2.24, 2.45) is 5.92 Å². The Kier molecular flexibility index (Phi) is 5.35. The molecule has 0 saturated heterocycles. The molecule has 0 aliphatic heterocycles. The standard InChI is InChI=1S/C14H23NO2S/c1-5-18(16,17)15-12(4)14-8-6-13(7-9-14)10-11(2)3/h6-9,11-12,15H,5,10H2,1-4H3. The fourth-order valence-corrected chi connectivity index (χ4v) is 2.68. The van der Waals surface area contributed by atoms with Gasteiger partial charge in [-0.3, -0.25) is 0 Å². The number of rotatable bonds is 6. The van der Waals surface area contributed by atoms with E-state index < -0.39 is 10.0 Å². The van der Waals surface area contributed by atoms with Crippen LogP contribution < -0.4 is 4.72 Å². The first-order valence-electron chi connectivity index (χ1n) is 6.43. The summed E-state index contributed by atoms with van der Waals surface area (Å²) in [6.45, 7) is 7.88. The van der Waals surface area contributed by atoms with Gasteiger partial charge in [-0.05, 0) is 37.3 Å². The first kappa shape index (κ1) is 15.2. The van der Waals surface area contributed by atoms with Gasteiger partial charge in [0, 0.05) is 6.04 Å². The van der Waals surface area contributed by atoms with Crippen molar-refractivity contribution in [1.82, 2.24) is 4.72 Å². The maximum atomic E-state index is 11.5. The molecule has 0 amide bonds. The Balaban J connectivity index is 2.73. The van der Waals surface area contributed by atoms with Crippen LogP contribution in [0.1, 0.15) is 44.9 Å². The van der Waals surface area contributed by atoms with Crippen molar-refractivity contribution in [2.75, 3.05) is 5.75 Å². The molecule has 0 aliphatic carbocycles. The molecule has 0 heterocycles. The van der Waals surface area contributed by atoms with Gasteiger partial charge in [-0.15, -0.1) is 0 Å². The number of benzene rings is 1.